The molecule has 2 nitrogen and oxygen atoms in total. The van der Waals surface area contributed by atoms with Crippen molar-refractivity contribution >= 4 is 0 Å². The van der Waals surface area contributed by atoms with E-state index in [9.17, 15) is 0 Å². The number of hydrogen-bond acceptors (Lipinski definition) is 2. The molecule has 1 saturated heterocycles. The standard InChI is InChI=1S/C18H34N2/c19-18-15-11-12-16(18)14-20(13-15)17-9-7-5-3-1-2-4-6-8-10-17/h15-18H,1-14,19H2/t15-,16+,18-. The molecular formula is C18H34N2. The molecule has 0 spiro atoms. The number of nitrogens with zero attached hydrogens (tertiary/aromatic N) is 1. The summed E-state index contributed by atoms with van der Waals surface area (Å²) in [6.07, 6.45) is 17.5. The molecule has 116 valence electrons. The first-order valence-corrected chi connectivity index (χ1v) is 9.34. The van der Waals surface area contributed by atoms with Gasteiger partial charge in [0, 0.05) is 25.2 Å². The molecule has 0 amide bonds. The molecule has 20 heavy (non-hydrogen) atoms. The maximum absolute atomic E-state index is 6.37. The van der Waals surface area contributed by atoms with Crippen LogP contribution >= 0.6 is 0 Å². The van der Waals surface area contributed by atoms with Gasteiger partial charge in [-0.05, 0) is 37.5 Å². The summed E-state index contributed by atoms with van der Waals surface area (Å²) in [6, 6.07) is 1.40. The SMILES string of the molecule is N[C@@H]1[C@@H]2CC[C@H]1CN(C1CCCCCCCCCC1)C2. The van der Waals surface area contributed by atoms with Crippen molar-refractivity contribution in [3.63, 3.8) is 0 Å². The second kappa shape index (κ2) is 7.26. The Morgan fingerprint density at radius 2 is 1.05 bits per heavy atom. The highest BCUT2D eigenvalue weighted by atomic mass is 15.2. The van der Waals surface area contributed by atoms with Gasteiger partial charge in [0.05, 0.1) is 0 Å². The molecule has 0 aromatic heterocycles. The van der Waals surface area contributed by atoms with Gasteiger partial charge >= 0.3 is 0 Å². The summed E-state index contributed by atoms with van der Waals surface area (Å²) in [5, 5.41) is 0. The van der Waals surface area contributed by atoms with Crippen LogP contribution in [0.4, 0.5) is 0 Å². The molecule has 3 atom stereocenters. The molecule has 2 saturated carbocycles. The molecule has 0 aromatic rings. The van der Waals surface area contributed by atoms with Gasteiger partial charge in [-0.3, -0.25) is 4.90 Å². The highest BCUT2D eigenvalue weighted by Crippen LogP contribution is 2.37. The van der Waals surface area contributed by atoms with E-state index in [1.807, 2.05) is 0 Å². The number of hydrogen-bond donors (Lipinski definition) is 1. The number of rotatable bonds is 1. The van der Waals surface area contributed by atoms with Crippen LogP contribution in [-0.2, 0) is 0 Å². The van der Waals surface area contributed by atoms with Crippen molar-refractivity contribution in [1.29, 1.82) is 0 Å². The number of piperidine rings is 1. The summed E-state index contributed by atoms with van der Waals surface area (Å²) in [7, 11) is 0. The van der Waals surface area contributed by atoms with E-state index in [-0.39, 0.29) is 0 Å². The summed E-state index contributed by atoms with van der Waals surface area (Å²) in [5.74, 6) is 1.62. The average molecular weight is 278 g/mol. The van der Waals surface area contributed by atoms with E-state index in [0.717, 1.165) is 17.9 Å². The van der Waals surface area contributed by atoms with Gasteiger partial charge in [0.2, 0.25) is 0 Å². The van der Waals surface area contributed by atoms with E-state index in [1.165, 1.54) is 90.1 Å². The van der Waals surface area contributed by atoms with Crippen LogP contribution in [0.15, 0.2) is 0 Å². The Bertz CT molecular complexity index is 265. The van der Waals surface area contributed by atoms with Crippen LogP contribution in [0.1, 0.15) is 77.0 Å². The van der Waals surface area contributed by atoms with Gasteiger partial charge in [0.25, 0.3) is 0 Å². The molecule has 2 N–H and O–H groups in total. The minimum absolute atomic E-state index is 0.522. The topological polar surface area (TPSA) is 29.3 Å². The summed E-state index contributed by atoms with van der Waals surface area (Å²) >= 11 is 0. The number of likely N-dealkylation sites (tertiary alicyclic amines) is 1. The first kappa shape index (κ1) is 14.8. The third-order valence-electron chi connectivity index (χ3n) is 6.28. The fraction of sp³-hybridized carbons (Fsp3) is 1.00. The molecule has 3 fully saturated rings. The first-order chi connectivity index (χ1) is 9.84. The number of fused-ring (bicyclic) bond motifs is 2. The van der Waals surface area contributed by atoms with Crippen LogP contribution in [0.5, 0.6) is 0 Å². The average Bonchev–Trinajstić information content (AvgIpc) is 2.70. The lowest BCUT2D eigenvalue weighted by Crippen LogP contribution is -2.52. The minimum Gasteiger partial charge on any atom is -0.327 e. The third kappa shape index (κ3) is 3.57. The maximum atomic E-state index is 6.37. The van der Waals surface area contributed by atoms with Crippen LogP contribution in [0.25, 0.3) is 0 Å². The van der Waals surface area contributed by atoms with Crippen molar-refractivity contribution in [1.82, 2.24) is 4.90 Å². The van der Waals surface area contributed by atoms with Crippen molar-refractivity contribution in [3.8, 4) is 0 Å². The Labute approximate surface area is 125 Å². The second-order valence-electron chi connectivity index (χ2n) is 7.69. The van der Waals surface area contributed by atoms with Crippen LogP contribution in [0, 0.1) is 11.8 Å². The molecule has 0 unspecified atom stereocenters. The largest absolute Gasteiger partial charge is 0.327 e. The van der Waals surface area contributed by atoms with Crippen molar-refractivity contribution < 1.29 is 0 Å². The summed E-state index contributed by atoms with van der Waals surface area (Å²) in [6.45, 7) is 2.62. The van der Waals surface area contributed by atoms with Crippen molar-refractivity contribution in [2.24, 2.45) is 17.6 Å². The van der Waals surface area contributed by atoms with E-state index in [2.05, 4.69) is 4.90 Å². The van der Waals surface area contributed by atoms with Gasteiger partial charge in [-0.25, -0.2) is 0 Å². The Balaban J connectivity index is 1.55. The third-order valence-corrected chi connectivity index (χ3v) is 6.28. The Hall–Kier alpha value is -0.0800. The first-order valence-electron chi connectivity index (χ1n) is 9.34. The highest BCUT2D eigenvalue weighted by molar-refractivity contribution is 4.96. The molecule has 0 radical (unpaired) electrons. The van der Waals surface area contributed by atoms with E-state index in [0.29, 0.717) is 6.04 Å². The Morgan fingerprint density at radius 1 is 0.600 bits per heavy atom. The summed E-state index contributed by atoms with van der Waals surface area (Å²) < 4.78 is 0. The second-order valence-corrected chi connectivity index (χ2v) is 7.69. The van der Waals surface area contributed by atoms with Gasteiger partial charge in [0.15, 0.2) is 0 Å². The molecule has 1 aliphatic heterocycles. The molecule has 1 heterocycles. The fourth-order valence-electron chi connectivity index (χ4n) is 4.93. The van der Waals surface area contributed by atoms with Gasteiger partial charge in [-0.2, -0.15) is 0 Å². The molecular weight excluding hydrogens is 244 g/mol. The predicted molar refractivity (Wildman–Crippen MR) is 85.7 cm³/mol. The van der Waals surface area contributed by atoms with Crippen LogP contribution in [0.2, 0.25) is 0 Å². The van der Waals surface area contributed by atoms with Crippen LogP contribution < -0.4 is 5.73 Å². The normalized spacial score (nSPS) is 38.5. The highest BCUT2D eigenvalue weighted by Gasteiger charge is 2.41. The molecule has 2 heteroatoms. The van der Waals surface area contributed by atoms with Crippen molar-refractivity contribution in [3.05, 3.63) is 0 Å². The van der Waals surface area contributed by atoms with Crippen molar-refractivity contribution in [2.75, 3.05) is 13.1 Å². The number of nitrogens with two attached hydrogens (primary N) is 1. The van der Waals surface area contributed by atoms with E-state index >= 15 is 0 Å². The maximum Gasteiger partial charge on any atom is 0.0120 e. The fourth-order valence-corrected chi connectivity index (χ4v) is 4.93. The lowest BCUT2D eigenvalue weighted by Gasteiger charge is -2.41. The molecule has 3 aliphatic rings. The van der Waals surface area contributed by atoms with Crippen LogP contribution in [0.3, 0.4) is 0 Å². The zero-order chi connectivity index (χ0) is 13.8. The van der Waals surface area contributed by atoms with Gasteiger partial charge in [0.1, 0.15) is 0 Å². The lowest BCUT2D eigenvalue weighted by atomic mass is 9.90. The Kier molecular flexibility index (Phi) is 5.39. The molecule has 0 aromatic carbocycles. The van der Waals surface area contributed by atoms with E-state index < -0.39 is 0 Å². The van der Waals surface area contributed by atoms with Gasteiger partial charge in [-0.1, -0.05) is 51.4 Å². The predicted octanol–water partition coefficient (Wildman–Crippen LogP) is 3.94. The van der Waals surface area contributed by atoms with Crippen LogP contribution in [-0.4, -0.2) is 30.1 Å². The van der Waals surface area contributed by atoms with Gasteiger partial charge < -0.3 is 5.73 Å². The monoisotopic (exact) mass is 278 g/mol. The lowest BCUT2D eigenvalue weighted by molar-refractivity contribution is 0.0890. The zero-order valence-electron chi connectivity index (χ0n) is 13.2. The summed E-state index contributed by atoms with van der Waals surface area (Å²) in [4.78, 5) is 2.85. The minimum atomic E-state index is 0.522. The van der Waals surface area contributed by atoms with Crippen molar-refractivity contribution in [2.45, 2.75) is 89.1 Å². The van der Waals surface area contributed by atoms with E-state index in [1.54, 1.807) is 0 Å². The van der Waals surface area contributed by atoms with Gasteiger partial charge in [-0.15, -0.1) is 0 Å². The zero-order valence-corrected chi connectivity index (χ0v) is 13.2. The molecule has 2 bridgehead atoms. The smallest absolute Gasteiger partial charge is 0.0120 e. The quantitative estimate of drug-likeness (QED) is 0.787. The Morgan fingerprint density at radius 3 is 1.55 bits per heavy atom. The molecule has 3 rings (SSSR count). The van der Waals surface area contributed by atoms with E-state index in [4.69, 9.17) is 5.73 Å². The summed E-state index contributed by atoms with van der Waals surface area (Å²) in [5.41, 5.74) is 6.37. The molecule has 2 aliphatic carbocycles.